The summed E-state index contributed by atoms with van der Waals surface area (Å²) in [4.78, 5) is 37.9. The molecule has 0 radical (unpaired) electrons. The maximum absolute atomic E-state index is 12.8. The van der Waals surface area contributed by atoms with E-state index in [1.54, 1.807) is 50.2 Å². The van der Waals surface area contributed by atoms with Crippen LogP contribution in [0.15, 0.2) is 60.7 Å². The molecule has 34 heavy (non-hydrogen) atoms. The van der Waals surface area contributed by atoms with E-state index in [0.717, 1.165) is 34.2 Å². The summed E-state index contributed by atoms with van der Waals surface area (Å²) in [5, 5.41) is 5.57. The molecule has 1 saturated carbocycles. The van der Waals surface area contributed by atoms with Crippen molar-refractivity contribution in [3.05, 3.63) is 71.8 Å². The third-order valence-corrected chi connectivity index (χ3v) is 5.52. The van der Waals surface area contributed by atoms with Gasteiger partial charge in [-0.2, -0.15) is 5.01 Å². The van der Waals surface area contributed by atoms with Gasteiger partial charge in [0.1, 0.15) is 0 Å². The number of hydrazine groups is 1. The quantitative estimate of drug-likeness (QED) is 0.466. The van der Waals surface area contributed by atoms with Crippen LogP contribution in [0.25, 0.3) is 10.8 Å². The van der Waals surface area contributed by atoms with E-state index in [9.17, 15) is 14.4 Å². The number of carbonyl (C=O) groups excluding carboxylic acids is 3. The summed E-state index contributed by atoms with van der Waals surface area (Å²) in [6.07, 6.45) is 0.561. The van der Waals surface area contributed by atoms with Crippen molar-refractivity contribution < 1.29 is 23.9 Å². The Kier molecular flexibility index (Phi) is 6.96. The summed E-state index contributed by atoms with van der Waals surface area (Å²) >= 11 is 0. The van der Waals surface area contributed by atoms with E-state index >= 15 is 0 Å². The van der Waals surface area contributed by atoms with Gasteiger partial charge < -0.3 is 14.8 Å². The normalized spacial score (nSPS) is 12.6. The first-order valence-corrected chi connectivity index (χ1v) is 11.4. The van der Waals surface area contributed by atoms with Gasteiger partial charge in [0.15, 0.2) is 0 Å². The summed E-state index contributed by atoms with van der Waals surface area (Å²) in [6.45, 7) is 3.66. The SMILES string of the molecule is CCOC(=O)NN(C(=O)OCC)c1ccc(NC(=O)c2ccccc2)c2cccc(C3CC3)c12. The lowest BCUT2D eigenvalue weighted by atomic mass is 9.97. The van der Waals surface area contributed by atoms with E-state index in [1.807, 2.05) is 24.3 Å². The topological polar surface area (TPSA) is 97.0 Å². The Balaban J connectivity index is 1.81. The fraction of sp³-hybridized carbons (Fsp3) is 0.269. The second-order valence-corrected chi connectivity index (χ2v) is 7.86. The van der Waals surface area contributed by atoms with Crippen LogP contribution in [0.4, 0.5) is 21.0 Å². The highest BCUT2D eigenvalue weighted by Crippen LogP contribution is 2.46. The number of rotatable bonds is 6. The number of ether oxygens (including phenoxy) is 2. The number of nitrogens with one attached hydrogen (secondary N) is 2. The molecule has 8 heteroatoms. The van der Waals surface area contributed by atoms with Crippen LogP contribution in [-0.2, 0) is 9.47 Å². The lowest BCUT2D eigenvalue weighted by molar-refractivity contribution is 0.102. The average molecular weight is 462 g/mol. The Morgan fingerprint density at radius 2 is 1.65 bits per heavy atom. The molecule has 0 saturated heterocycles. The van der Waals surface area contributed by atoms with Crippen molar-refractivity contribution in [3.8, 4) is 0 Å². The molecule has 0 bridgehead atoms. The van der Waals surface area contributed by atoms with Crippen molar-refractivity contribution in [2.24, 2.45) is 0 Å². The molecule has 0 unspecified atom stereocenters. The van der Waals surface area contributed by atoms with Crippen LogP contribution in [-0.4, -0.2) is 31.3 Å². The average Bonchev–Trinajstić information content (AvgIpc) is 3.69. The van der Waals surface area contributed by atoms with E-state index < -0.39 is 12.2 Å². The van der Waals surface area contributed by atoms with E-state index in [1.165, 1.54) is 0 Å². The van der Waals surface area contributed by atoms with Crippen LogP contribution in [0.3, 0.4) is 0 Å². The largest absolute Gasteiger partial charge is 0.449 e. The fourth-order valence-corrected chi connectivity index (χ4v) is 3.88. The molecule has 3 aromatic rings. The van der Waals surface area contributed by atoms with Crippen molar-refractivity contribution in [1.29, 1.82) is 0 Å². The summed E-state index contributed by atoms with van der Waals surface area (Å²) < 4.78 is 10.2. The second kappa shape index (κ2) is 10.2. The lowest BCUT2D eigenvalue weighted by Crippen LogP contribution is -2.47. The van der Waals surface area contributed by atoms with Crippen molar-refractivity contribution in [3.63, 3.8) is 0 Å². The van der Waals surface area contributed by atoms with Crippen molar-refractivity contribution in [2.75, 3.05) is 23.5 Å². The van der Waals surface area contributed by atoms with Crippen LogP contribution < -0.4 is 15.8 Å². The Hall–Kier alpha value is -4.07. The maximum Gasteiger partial charge on any atom is 0.433 e. The summed E-state index contributed by atoms with van der Waals surface area (Å²) in [5.74, 6) is 0.104. The zero-order valence-electron chi connectivity index (χ0n) is 19.2. The highest BCUT2D eigenvalue weighted by molar-refractivity contribution is 6.13. The number of carbonyl (C=O) groups is 3. The summed E-state index contributed by atoms with van der Waals surface area (Å²) in [7, 11) is 0. The van der Waals surface area contributed by atoms with E-state index in [0.29, 0.717) is 22.9 Å². The number of nitrogens with zero attached hydrogens (tertiary/aromatic N) is 1. The molecular formula is C26H27N3O5. The van der Waals surface area contributed by atoms with Gasteiger partial charge in [0.05, 0.1) is 18.9 Å². The Morgan fingerprint density at radius 1 is 0.912 bits per heavy atom. The molecule has 4 rings (SSSR count). The molecule has 3 aromatic carbocycles. The minimum atomic E-state index is -0.769. The number of amides is 3. The molecule has 1 aliphatic carbocycles. The number of hydrogen-bond donors (Lipinski definition) is 2. The molecule has 0 spiro atoms. The van der Waals surface area contributed by atoms with Crippen LogP contribution in [0.1, 0.15) is 48.5 Å². The van der Waals surface area contributed by atoms with Gasteiger partial charge in [0.2, 0.25) is 0 Å². The molecule has 2 N–H and O–H groups in total. The summed E-state index contributed by atoms with van der Waals surface area (Å²) in [6, 6.07) is 18.2. The first kappa shape index (κ1) is 23.1. The molecule has 1 fully saturated rings. The zero-order valence-corrected chi connectivity index (χ0v) is 19.2. The number of hydrogen-bond acceptors (Lipinski definition) is 5. The van der Waals surface area contributed by atoms with Gasteiger partial charge in [-0.15, -0.1) is 0 Å². The molecule has 0 atom stereocenters. The highest BCUT2D eigenvalue weighted by atomic mass is 16.6. The molecule has 176 valence electrons. The zero-order chi connectivity index (χ0) is 24.1. The molecule has 8 nitrogen and oxygen atoms in total. The molecule has 0 heterocycles. The first-order chi connectivity index (χ1) is 16.5. The lowest BCUT2D eigenvalue weighted by Gasteiger charge is -2.25. The van der Waals surface area contributed by atoms with Gasteiger partial charge in [0, 0.05) is 22.0 Å². The molecule has 3 amide bonds. The summed E-state index contributed by atoms with van der Waals surface area (Å²) in [5.41, 5.74) is 5.13. The van der Waals surface area contributed by atoms with Crippen molar-refractivity contribution in [2.45, 2.75) is 32.6 Å². The first-order valence-electron chi connectivity index (χ1n) is 11.4. The third kappa shape index (κ3) is 4.96. The Labute approximate surface area is 197 Å². The Bertz CT molecular complexity index is 1210. The molecule has 0 aromatic heterocycles. The predicted octanol–water partition coefficient (Wildman–Crippen LogP) is 5.59. The van der Waals surface area contributed by atoms with Crippen LogP contribution in [0.5, 0.6) is 0 Å². The van der Waals surface area contributed by atoms with E-state index in [-0.39, 0.29) is 19.1 Å². The monoisotopic (exact) mass is 461 g/mol. The predicted molar refractivity (Wildman–Crippen MR) is 130 cm³/mol. The third-order valence-electron chi connectivity index (χ3n) is 5.52. The number of benzene rings is 3. The van der Waals surface area contributed by atoms with Gasteiger partial charge in [-0.1, -0.05) is 36.4 Å². The minimum Gasteiger partial charge on any atom is -0.449 e. The maximum atomic E-state index is 12.8. The highest BCUT2D eigenvalue weighted by Gasteiger charge is 2.30. The van der Waals surface area contributed by atoms with Crippen LogP contribution in [0.2, 0.25) is 0 Å². The Morgan fingerprint density at radius 3 is 2.32 bits per heavy atom. The minimum absolute atomic E-state index is 0.137. The standard InChI is InChI=1S/C26H27N3O5/c1-3-33-25(31)28-29(26(32)34-4-2)22-16-15-21(27-24(30)18-9-6-5-7-10-18)20-12-8-11-19(23(20)22)17-13-14-17/h5-12,15-17H,3-4,13-14H2,1-2H3,(H,27,30)(H,28,31). The van der Waals surface area contributed by atoms with E-state index in [2.05, 4.69) is 10.7 Å². The molecule has 1 aliphatic rings. The smallest absolute Gasteiger partial charge is 0.433 e. The molecular weight excluding hydrogens is 434 g/mol. The van der Waals surface area contributed by atoms with Crippen LogP contribution in [0, 0.1) is 0 Å². The van der Waals surface area contributed by atoms with Crippen molar-refractivity contribution >= 4 is 40.2 Å². The van der Waals surface area contributed by atoms with Gasteiger partial charge in [-0.05, 0) is 62.4 Å². The van der Waals surface area contributed by atoms with E-state index in [4.69, 9.17) is 9.47 Å². The molecule has 0 aliphatic heterocycles. The van der Waals surface area contributed by atoms with Crippen molar-refractivity contribution in [1.82, 2.24) is 5.43 Å². The van der Waals surface area contributed by atoms with Gasteiger partial charge in [-0.25, -0.2) is 15.0 Å². The number of fused-ring (bicyclic) bond motifs is 1. The second-order valence-electron chi connectivity index (χ2n) is 7.86. The van der Waals surface area contributed by atoms with Gasteiger partial charge in [-0.3, -0.25) is 4.79 Å². The van der Waals surface area contributed by atoms with Gasteiger partial charge in [0.25, 0.3) is 5.91 Å². The van der Waals surface area contributed by atoms with Gasteiger partial charge >= 0.3 is 12.2 Å². The number of anilines is 2. The van der Waals surface area contributed by atoms with Crippen LogP contribution >= 0.6 is 0 Å². The fourth-order valence-electron chi connectivity index (χ4n) is 3.88.